The van der Waals surface area contributed by atoms with E-state index in [0.717, 1.165) is 6.07 Å². The lowest BCUT2D eigenvalue weighted by atomic mass is 10.3. The van der Waals surface area contributed by atoms with Gasteiger partial charge in [0.05, 0.1) is 0 Å². The van der Waals surface area contributed by atoms with Crippen molar-refractivity contribution in [3.63, 3.8) is 0 Å². The maximum Gasteiger partial charge on any atom is 0.300 e. The van der Waals surface area contributed by atoms with Crippen molar-refractivity contribution in [1.82, 2.24) is 5.09 Å². The molecule has 1 rings (SSSR count). The molecule has 0 aliphatic heterocycles. The fourth-order valence-electron chi connectivity index (χ4n) is 0.933. The minimum absolute atomic E-state index is 0.180. The number of halogens is 1. The van der Waals surface area contributed by atoms with E-state index < -0.39 is 25.9 Å². The molecular weight excluding hydrogens is 236 g/mol. The summed E-state index contributed by atoms with van der Waals surface area (Å²) in [6.07, 6.45) is 0. The van der Waals surface area contributed by atoms with Crippen LogP contribution in [0.1, 0.15) is 0 Å². The molecule has 0 radical (unpaired) electrons. The predicted octanol–water partition coefficient (Wildman–Crippen LogP) is 0.346. The molecule has 0 atom stereocenters. The number of hydrogen-bond donors (Lipinski definition) is 3. The Morgan fingerprint density at radius 1 is 1.50 bits per heavy atom. The zero-order valence-electron chi connectivity index (χ0n) is 8.22. The molecule has 88 valence electrons. The lowest BCUT2D eigenvalue weighted by Crippen LogP contribution is -2.32. The van der Waals surface area contributed by atoms with E-state index in [9.17, 15) is 13.8 Å². The van der Waals surface area contributed by atoms with E-state index >= 15 is 0 Å². The predicted molar refractivity (Wildman–Crippen MR) is 56.0 cm³/mol. The first-order valence-electron chi connectivity index (χ1n) is 4.23. The molecule has 0 aromatic heterocycles. The molecule has 6 nitrogen and oxygen atoms in total. The van der Waals surface area contributed by atoms with Gasteiger partial charge in [0.2, 0.25) is 0 Å². The average Bonchev–Trinajstić information content (AvgIpc) is 2.12. The van der Waals surface area contributed by atoms with Crippen molar-refractivity contribution in [2.24, 2.45) is 11.0 Å². The molecular formula is C8H11FN3O3P. The number of nitrogens with two attached hydrogens (primary N) is 2. The Morgan fingerprint density at radius 3 is 2.75 bits per heavy atom. The zero-order chi connectivity index (χ0) is 12.2. The molecule has 0 spiro atoms. The Kier molecular flexibility index (Phi) is 4.00. The maximum atomic E-state index is 12.7. The van der Waals surface area contributed by atoms with Crippen LogP contribution in [-0.2, 0) is 9.36 Å². The number of carbonyl (C=O) groups excluding carboxylic acids is 1. The third kappa shape index (κ3) is 4.88. The summed E-state index contributed by atoms with van der Waals surface area (Å²) >= 11 is 0. The van der Waals surface area contributed by atoms with Gasteiger partial charge in [-0.2, -0.15) is 0 Å². The van der Waals surface area contributed by atoms with Gasteiger partial charge in [-0.1, -0.05) is 6.07 Å². The summed E-state index contributed by atoms with van der Waals surface area (Å²) in [5, 5.41) is 1.86. The highest BCUT2D eigenvalue weighted by molar-refractivity contribution is 7.57. The van der Waals surface area contributed by atoms with E-state index in [0.29, 0.717) is 0 Å². The number of benzene rings is 1. The summed E-state index contributed by atoms with van der Waals surface area (Å²) in [5.74, 6) is -1.04. The summed E-state index contributed by atoms with van der Waals surface area (Å²) in [6.45, 7) is -0.443. The number of carbonyl (C=O) groups is 1. The monoisotopic (exact) mass is 247 g/mol. The Hall–Kier alpha value is -1.43. The number of amides is 1. The SMILES string of the molecule is NP(N)(=O)NC(=O)COc1cccc(F)c1. The van der Waals surface area contributed by atoms with E-state index in [2.05, 4.69) is 0 Å². The smallest absolute Gasteiger partial charge is 0.300 e. The Balaban J connectivity index is 2.46. The highest BCUT2D eigenvalue weighted by atomic mass is 31.2. The van der Waals surface area contributed by atoms with Crippen LogP contribution in [0, 0.1) is 5.82 Å². The maximum absolute atomic E-state index is 12.7. The highest BCUT2D eigenvalue weighted by Gasteiger charge is 2.13. The molecule has 0 saturated heterocycles. The van der Waals surface area contributed by atoms with Crippen LogP contribution in [0.3, 0.4) is 0 Å². The van der Waals surface area contributed by atoms with Crippen LogP contribution in [0.15, 0.2) is 24.3 Å². The summed E-state index contributed by atoms with van der Waals surface area (Å²) in [5.41, 5.74) is 9.83. The molecule has 5 N–H and O–H groups in total. The van der Waals surface area contributed by atoms with Crippen molar-refractivity contribution >= 4 is 13.5 Å². The van der Waals surface area contributed by atoms with Crippen molar-refractivity contribution in [2.45, 2.75) is 0 Å². The van der Waals surface area contributed by atoms with Gasteiger partial charge in [-0.15, -0.1) is 0 Å². The number of nitrogens with one attached hydrogen (secondary N) is 1. The Labute approximate surface area is 91.3 Å². The third-order valence-electron chi connectivity index (χ3n) is 1.47. The molecule has 0 saturated carbocycles. The first-order valence-corrected chi connectivity index (χ1v) is 6.08. The van der Waals surface area contributed by atoms with Crippen LogP contribution in [0.25, 0.3) is 0 Å². The van der Waals surface area contributed by atoms with Crippen LogP contribution >= 0.6 is 7.59 Å². The summed E-state index contributed by atoms with van der Waals surface area (Å²) < 4.78 is 28.4. The lowest BCUT2D eigenvalue weighted by molar-refractivity contribution is -0.121. The van der Waals surface area contributed by atoms with Gasteiger partial charge in [0.1, 0.15) is 11.6 Å². The highest BCUT2D eigenvalue weighted by Crippen LogP contribution is 2.17. The molecule has 8 heteroatoms. The normalized spacial score (nSPS) is 10.9. The van der Waals surface area contributed by atoms with Crippen LogP contribution in [0.2, 0.25) is 0 Å². The second-order valence-corrected chi connectivity index (χ2v) is 4.63. The molecule has 1 aromatic rings. The summed E-state index contributed by atoms with van der Waals surface area (Å²) in [7, 11) is -3.61. The van der Waals surface area contributed by atoms with Crippen molar-refractivity contribution in [3.05, 3.63) is 30.1 Å². The molecule has 0 unspecified atom stereocenters. The summed E-state index contributed by atoms with van der Waals surface area (Å²) in [4.78, 5) is 11.1. The molecule has 1 amide bonds. The van der Waals surface area contributed by atoms with Crippen molar-refractivity contribution in [2.75, 3.05) is 6.61 Å². The van der Waals surface area contributed by atoms with E-state index in [-0.39, 0.29) is 5.75 Å². The standard InChI is InChI=1S/C8H11FN3O3P/c9-6-2-1-3-7(4-6)15-5-8(13)12-16(10,11)14/h1-4H,5H2,(H5,10,11,12,13,14). The fraction of sp³-hybridized carbons (Fsp3) is 0.125. The molecule has 0 bridgehead atoms. The quantitative estimate of drug-likeness (QED) is 0.665. The molecule has 0 aliphatic rings. The second-order valence-electron chi connectivity index (χ2n) is 2.99. The Bertz CT molecular complexity index is 434. The van der Waals surface area contributed by atoms with Crippen LogP contribution in [0.5, 0.6) is 5.75 Å². The van der Waals surface area contributed by atoms with Gasteiger partial charge in [0.25, 0.3) is 13.5 Å². The van der Waals surface area contributed by atoms with Gasteiger partial charge < -0.3 is 4.74 Å². The minimum Gasteiger partial charge on any atom is -0.484 e. The average molecular weight is 247 g/mol. The van der Waals surface area contributed by atoms with Crippen molar-refractivity contribution in [1.29, 1.82) is 0 Å². The van der Waals surface area contributed by atoms with Gasteiger partial charge in [0.15, 0.2) is 6.61 Å². The second kappa shape index (κ2) is 5.07. The zero-order valence-corrected chi connectivity index (χ0v) is 9.12. The Morgan fingerprint density at radius 2 is 2.19 bits per heavy atom. The van der Waals surface area contributed by atoms with Crippen LogP contribution < -0.4 is 20.8 Å². The van der Waals surface area contributed by atoms with Gasteiger partial charge in [-0.3, -0.25) is 25.5 Å². The van der Waals surface area contributed by atoms with E-state index in [4.69, 9.17) is 15.7 Å². The van der Waals surface area contributed by atoms with Gasteiger partial charge in [0, 0.05) is 6.07 Å². The minimum atomic E-state index is -3.61. The third-order valence-corrected chi connectivity index (χ3v) is 2.06. The van der Waals surface area contributed by atoms with Gasteiger partial charge in [-0.25, -0.2) is 4.39 Å². The first-order chi connectivity index (χ1) is 7.37. The molecule has 0 aliphatic carbocycles. The molecule has 0 heterocycles. The van der Waals surface area contributed by atoms with Crippen LogP contribution in [-0.4, -0.2) is 12.5 Å². The van der Waals surface area contributed by atoms with Crippen molar-refractivity contribution < 1.29 is 18.5 Å². The number of ether oxygens (including phenoxy) is 1. The summed E-state index contributed by atoms with van der Waals surface area (Å²) in [6, 6.07) is 5.25. The van der Waals surface area contributed by atoms with Gasteiger partial charge >= 0.3 is 0 Å². The van der Waals surface area contributed by atoms with E-state index in [1.54, 1.807) is 0 Å². The topological polar surface area (TPSA) is 107 Å². The largest absolute Gasteiger partial charge is 0.484 e. The van der Waals surface area contributed by atoms with Crippen molar-refractivity contribution in [3.8, 4) is 5.75 Å². The molecule has 1 aromatic carbocycles. The van der Waals surface area contributed by atoms with E-state index in [1.165, 1.54) is 18.2 Å². The fourth-order valence-corrected chi connectivity index (χ4v) is 1.39. The lowest BCUT2D eigenvalue weighted by Gasteiger charge is -2.09. The molecule has 16 heavy (non-hydrogen) atoms. The number of hydrogen-bond acceptors (Lipinski definition) is 3. The van der Waals surface area contributed by atoms with Gasteiger partial charge in [-0.05, 0) is 12.1 Å². The number of rotatable bonds is 4. The van der Waals surface area contributed by atoms with Crippen LogP contribution in [0.4, 0.5) is 4.39 Å². The van der Waals surface area contributed by atoms with E-state index in [1.807, 2.05) is 5.09 Å². The first kappa shape index (κ1) is 12.6. The molecule has 0 fully saturated rings.